The molecule has 8 heteroatoms. The first-order chi connectivity index (χ1) is 12.9. The second-order valence-corrected chi connectivity index (χ2v) is 5.96. The number of amides is 3. The summed E-state index contributed by atoms with van der Waals surface area (Å²) in [6, 6.07) is 13.0. The number of benzene rings is 2. The van der Waals surface area contributed by atoms with Gasteiger partial charge < -0.3 is 14.8 Å². The first-order valence-electron chi connectivity index (χ1n) is 8.10. The van der Waals surface area contributed by atoms with Crippen molar-refractivity contribution in [2.24, 2.45) is 0 Å². The number of rotatable bonds is 6. The number of nitrogens with one attached hydrogen (secondary N) is 2. The van der Waals surface area contributed by atoms with Crippen LogP contribution in [-0.2, 0) is 16.1 Å². The Labute approximate surface area is 161 Å². The van der Waals surface area contributed by atoms with Crippen LogP contribution in [0.1, 0.15) is 22.8 Å². The van der Waals surface area contributed by atoms with Crippen molar-refractivity contribution in [3.05, 3.63) is 64.7 Å². The van der Waals surface area contributed by atoms with Gasteiger partial charge in [-0.15, -0.1) is 0 Å². The summed E-state index contributed by atoms with van der Waals surface area (Å²) in [6.07, 6.45) is -1.15. The van der Waals surface area contributed by atoms with Crippen LogP contribution in [0.4, 0.5) is 4.79 Å². The van der Waals surface area contributed by atoms with Gasteiger partial charge in [-0.2, -0.15) is 0 Å². The predicted molar refractivity (Wildman–Crippen MR) is 99.7 cm³/mol. The molecule has 0 bridgehead atoms. The van der Waals surface area contributed by atoms with E-state index in [9.17, 15) is 14.4 Å². The third-order valence-corrected chi connectivity index (χ3v) is 3.78. The van der Waals surface area contributed by atoms with E-state index in [-0.39, 0.29) is 12.2 Å². The fraction of sp³-hybridized carbons (Fsp3) is 0.211. The molecular formula is C19H19ClN2O5. The van der Waals surface area contributed by atoms with Crippen LogP contribution in [-0.4, -0.2) is 31.1 Å². The van der Waals surface area contributed by atoms with Crippen molar-refractivity contribution in [1.82, 2.24) is 10.6 Å². The summed E-state index contributed by atoms with van der Waals surface area (Å²) in [5.41, 5.74) is 1.05. The van der Waals surface area contributed by atoms with Gasteiger partial charge in [0.25, 0.3) is 5.91 Å². The number of urea groups is 1. The number of para-hydroxylation sites is 1. The standard InChI is InChI=1S/C19H19ClN2O5/c1-12(17(23)22-19(25)21-2)27-18(24)15-5-3-4-6-16(15)26-11-13-7-9-14(20)10-8-13/h3-10,12H,11H2,1-2H3,(H2,21,22,23,25). The SMILES string of the molecule is CNC(=O)NC(=O)C(C)OC(=O)c1ccccc1OCc1ccc(Cl)cc1. The Morgan fingerprint density at radius 3 is 2.41 bits per heavy atom. The quantitative estimate of drug-likeness (QED) is 0.739. The molecule has 2 rings (SSSR count). The molecule has 0 aliphatic carbocycles. The molecule has 0 aromatic heterocycles. The highest BCUT2D eigenvalue weighted by atomic mass is 35.5. The smallest absolute Gasteiger partial charge is 0.342 e. The normalized spacial score (nSPS) is 11.2. The molecule has 0 saturated heterocycles. The Balaban J connectivity index is 2.03. The van der Waals surface area contributed by atoms with Crippen LogP contribution in [0.15, 0.2) is 48.5 Å². The topological polar surface area (TPSA) is 93.7 Å². The molecule has 0 saturated carbocycles. The van der Waals surface area contributed by atoms with Crippen molar-refractivity contribution in [2.45, 2.75) is 19.6 Å². The van der Waals surface area contributed by atoms with Crippen LogP contribution in [0, 0.1) is 0 Å². The lowest BCUT2D eigenvalue weighted by molar-refractivity contribution is -0.127. The van der Waals surface area contributed by atoms with Crippen molar-refractivity contribution in [2.75, 3.05) is 7.05 Å². The van der Waals surface area contributed by atoms with E-state index < -0.39 is 24.0 Å². The summed E-state index contributed by atoms with van der Waals surface area (Å²) < 4.78 is 10.8. The maximum absolute atomic E-state index is 12.4. The second-order valence-electron chi connectivity index (χ2n) is 5.53. The number of esters is 1. The van der Waals surface area contributed by atoms with Crippen molar-refractivity contribution in [3.63, 3.8) is 0 Å². The molecule has 2 aromatic carbocycles. The van der Waals surface area contributed by atoms with Gasteiger partial charge in [0.2, 0.25) is 0 Å². The average molecular weight is 391 g/mol. The highest BCUT2D eigenvalue weighted by Crippen LogP contribution is 2.21. The zero-order chi connectivity index (χ0) is 19.8. The fourth-order valence-electron chi connectivity index (χ4n) is 2.06. The molecule has 142 valence electrons. The number of halogens is 1. The van der Waals surface area contributed by atoms with Crippen LogP contribution < -0.4 is 15.4 Å². The van der Waals surface area contributed by atoms with E-state index in [1.165, 1.54) is 20.0 Å². The second kappa shape index (κ2) is 9.59. The van der Waals surface area contributed by atoms with Crippen molar-refractivity contribution < 1.29 is 23.9 Å². The molecule has 27 heavy (non-hydrogen) atoms. The molecule has 7 nitrogen and oxygen atoms in total. The molecule has 1 atom stereocenters. The Kier molecular flexibility index (Phi) is 7.19. The molecule has 2 N–H and O–H groups in total. The number of imide groups is 1. The third kappa shape index (κ3) is 6.00. The van der Waals surface area contributed by atoms with Gasteiger partial charge in [0.1, 0.15) is 17.9 Å². The van der Waals surface area contributed by atoms with Crippen molar-refractivity contribution >= 4 is 29.5 Å². The molecule has 0 fully saturated rings. The lowest BCUT2D eigenvalue weighted by Gasteiger charge is -2.15. The number of carbonyl (C=O) groups excluding carboxylic acids is 3. The van der Waals surface area contributed by atoms with Gasteiger partial charge in [0.15, 0.2) is 6.10 Å². The number of hydrogen-bond acceptors (Lipinski definition) is 5. The molecular weight excluding hydrogens is 372 g/mol. The summed E-state index contributed by atoms with van der Waals surface area (Å²) in [7, 11) is 1.37. The van der Waals surface area contributed by atoms with E-state index in [4.69, 9.17) is 21.1 Å². The Hall–Kier alpha value is -3.06. The van der Waals surface area contributed by atoms with E-state index in [2.05, 4.69) is 5.32 Å². The van der Waals surface area contributed by atoms with E-state index >= 15 is 0 Å². The van der Waals surface area contributed by atoms with Crippen LogP contribution in [0.3, 0.4) is 0 Å². The molecule has 0 spiro atoms. The maximum atomic E-state index is 12.4. The zero-order valence-electron chi connectivity index (χ0n) is 14.8. The molecule has 1 unspecified atom stereocenters. The monoisotopic (exact) mass is 390 g/mol. The minimum absolute atomic E-state index is 0.172. The first-order valence-corrected chi connectivity index (χ1v) is 8.48. The molecule has 3 amide bonds. The van der Waals surface area contributed by atoms with E-state index in [1.54, 1.807) is 30.3 Å². The third-order valence-electron chi connectivity index (χ3n) is 3.53. The van der Waals surface area contributed by atoms with Crippen LogP contribution in [0.2, 0.25) is 5.02 Å². The Bertz CT molecular complexity index is 823. The van der Waals surface area contributed by atoms with Gasteiger partial charge in [0.05, 0.1) is 0 Å². The van der Waals surface area contributed by atoms with Gasteiger partial charge in [-0.25, -0.2) is 9.59 Å². The van der Waals surface area contributed by atoms with Gasteiger partial charge >= 0.3 is 12.0 Å². The first kappa shape index (κ1) is 20.3. The van der Waals surface area contributed by atoms with Crippen LogP contribution in [0.5, 0.6) is 5.75 Å². The molecule has 0 aliphatic heterocycles. The summed E-state index contributed by atoms with van der Waals surface area (Å²) in [6.45, 7) is 1.60. The van der Waals surface area contributed by atoms with Gasteiger partial charge in [-0.3, -0.25) is 10.1 Å². The Morgan fingerprint density at radius 2 is 1.74 bits per heavy atom. The molecule has 0 aliphatic rings. The highest BCUT2D eigenvalue weighted by Gasteiger charge is 2.22. The van der Waals surface area contributed by atoms with Gasteiger partial charge in [-0.05, 0) is 36.8 Å². The molecule has 2 aromatic rings. The summed E-state index contributed by atoms with van der Waals surface area (Å²) in [5, 5.41) is 4.90. The van der Waals surface area contributed by atoms with Crippen LogP contribution in [0.25, 0.3) is 0 Å². The lowest BCUT2D eigenvalue weighted by atomic mass is 10.2. The van der Waals surface area contributed by atoms with Gasteiger partial charge in [-0.1, -0.05) is 35.9 Å². The number of ether oxygens (including phenoxy) is 2. The zero-order valence-corrected chi connectivity index (χ0v) is 15.6. The number of hydrogen-bond donors (Lipinski definition) is 2. The predicted octanol–water partition coefficient (Wildman–Crippen LogP) is 2.92. The Morgan fingerprint density at radius 1 is 1.07 bits per heavy atom. The average Bonchev–Trinajstić information content (AvgIpc) is 2.67. The number of carbonyl (C=O) groups is 3. The molecule has 0 radical (unpaired) electrons. The molecule has 0 heterocycles. The summed E-state index contributed by atoms with van der Waals surface area (Å²) in [4.78, 5) is 35.4. The van der Waals surface area contributed by atoms with Gasteiger partial charge in [0, 0.05) is 12.1 Å². The van der Waals surface area contributed by atoms with E-state index in [1.807, 2.05) is 17.4 Å². The minimum atomic E-state index is -1.15. The van der Waals surface area contributed by atoms with Crippen LogP contribution >= 0.6 is 11.6 Å². The minimum Gasteiger partial charge on any atom is -0.488 e. The van der Waals surface area contributed by atoms with E-state index in [0.717, 1.165) is 5.56 Å². The summed E-state index contributed by atoms with van der Waals surface area (Å²) >= 11 is 5.85. The van der Waals surface area contributed by atoms with Crippen molar-refractivity contribution in [3.8, 4) is 5.75 Å². The fourth-order valence-corrected chi connectivity index (χ4v) is 2.18. The maximum Gasteiger partial charge on any atom is 0.342 e. The van der Waals surface area contributed by atoms with E-state index in [0.29, 0.717) is 10.8 Å². The van der Waals surface area contributed by atoms with Crippen molar-refractivity contribution in [1.29, 1.82) is 0 Å². The summed E-state index contributed by atoms with van der Waals surface area (Å²) in [5.74, 6) is -1.15. The lowest BCUT2D eigenvalue weighted by Crippen LogP contribution is -2.43. The highest BCUT2D eigenvalue weighted by molar-refractivity contribution is 6.30. The largest absolute Gasteiger partial charge is 0.488 e.